The lowest BCUT2D eigenvalue weighted by Crippen LogP contribution is -2.47. The predicted octanol–water partition coefficient (Wildman–Crippen LogP) is 4.48. The topological polar surface area (TPSA) is 56.6 Å². The van der Waals surface area contributed by atoms with Gasteiger partial charge >= 0.3 is 0 Å². The van der Waals surface area contributed by atoms with E-state index in [1.807, 2.05) is 24.3 Å². The maximum absolute atomic E-state index is 13.0. The molecule has 0 N–H and O–H groups in total. The first kappa shape index (κ1) is 19.4. The third-order valence-electron chi connectivity index (χ3n) is 5.51. The summed E-state index contributed by atoms with van der Waals surface area (Å²) >= 11 is 1.54. The number of fused-ring (bicyclic) bond motifs is 1. The number of thioether (sulfide) groups is 1. The highest BCUT2D eigenvalue weighted by Crippen LogP contribution is 2.44. The van der Waals surface area contributed by atoms with Crippen molar-refractivity contribution in [1.82, 2.24) is 4.90 Å². The number of benzene rings is 2. The average molecular weight is 406 g/mol. The first-order chi connectivity index (χ1) is 14.2. The minimum absolute atomic E-state index is 0.0515. The Kier molecular flexibility index (Phi) is 5.50. The van der Waals surface area contributed by atoms with Crippen molar-refractivity contribution >= 4 is 23.4 Å². The van der Waals surface area contributed by atoms with Crippen LogP contribution in [0.15, 0.2) is 59.1 Å². The molecule has 1 amide bonds. The number of allylic oxidation sites excluding steroid dienone is 1. The second kappa shape index (κ2) is 8.22. The van der Waals surface area contributed by atoms with E-state index in [9.17, 15) is 10.1 Å². The summed E-state index contributed by atoms with van der Waals surface area (Å²) in [6.07, 6.45) is 1.29. The quantitative estimate of drug-likeness (QED) is 0.751. The van der Waals surface area contributed by atoms with Crippen molar-refractivity contribution in [2.45, 2.75) is 25.7 Å². The molecule has 6 heteroatoms. The summed E-state index contributed by atoms with van der Waals surface area (Å²) in [6, 6.07) is 18.5. The number of nitrogens with zero attached hydrogens (tertiary/aromatic N) is 3. The molecule has 5 nitrogen and oxygen atoms in total. The lowest BCUT2D eigenvalue weighted by Gasteiger charge is -2.42. The number of aryl methyl sites for hydroxylation is 1. The molecular formula is C23H23N3O2S. The fourth-order valence-electron chi connectivity index (χ4n) is 3.88. The molecular weight excluding hydrogens is 382 g/mol. The van der Waals surface area contributed by atoms with Crippen molar-refractivity contribution < 1.29 is 9.53 Å². The average Bonchev–Trinajstić information content (AvgIpc) is 2.79. The molecule has 0 bridgehead atoms. The number of carbonyl (C=O) groups is 1. The smallest absolute Gasteiger partial charge is 0.229 e. The fraction of sp³-hybridized carbons (Fsp3) is 0.304. The fourth-order valence-corrected chi connectivity index (χ4v) is 5.03. The first-order valence-corrected chi connectivity index (χ1v) is 10.7. The van der Waals surface area contributed by atoms with Crippen LogP contribution < -0.4 is 9.64 Å². The molecule has 2 heterocycles. The van der Waals surface area contributed by atoms with E-state index in [4.69, 9.17) is 4.74 Å². The summed E-state index contributed by atoms with van der Waals surface area (Å²) in [5.41, 5.74) is 3.93. The van der Waals surface area contributed by atoms with E-state index in [1.165, 1.54) is 5.56 Å². The highest BCUT2D eigenvalue weighted by molar-refractivity contribution is 8.03. The van der Waals surface area contributed by atoms with Crippen LogP contribution in [0, 0.1) is 11.3 Å². The van der Waals surface area contributed by atoms with Crippen LogP contribution >= 0.6 is 11.8 Å². The lowest BCUT2D eigenvalue weighted by molar-refractivity contribution is -0.129. The number of hydrogen-bond donors (Lipinski definition) is 0. The molecule has 0 spiro atoms. The maximum Gasteiger partial charge on any atom is 0.229 e. The Morgan fingerprint density at radius 1 is 1.21 bits per heavy atom. The summed E-state index contributed by atoms with van der Waals surface area (Å²) in [4.78, 5) is 16.9. The monoisotopic (exact) mass is 405 g/mol. The van der Waals surface area contributed by atoms with E-state index in [2.05, 4.69) is 42.2 Å². The Balaban J connectivity index is 1.65. The van der Waals surface area contributed by atoms with Crippen LogP contribution in [-0.4, -0.2) is 30.5 Å². The van der Waals surface area contributed by atoms with Gasteiger partial charge in [0.05, 0.1) is 42.0 Å². The van der Waals surface area contributed by atoms with Gasteiger partial charge in [-0.3, -0.25) is 9.69 Å². The van der Waals surface area contributed by atoms with Gasteiger partial charge in [0.25, 0.3) is 0 Å². The number of carbonyl (C=O) groups excluding carboxylic acids is 1. The zero-order chi connectivity index (χ0) is 20.4. The normalized spacial score (nSPS) is 19.1. The second-order valence-electron chi connectivity index (χ2n) is 7.13. The molecule has 0 aliphatic carbocycles. The summed E-state index contributed by atoms with van der Waals surface area (Å²) in [5.74, 6) is 1.32. The van der Waals surface area contributed by atoms with Gasteiger partial charge < -0.3 is 9.64 Å². The second-order valence-corrected chi connectivity index (χ2v) is 8.06. The van der Waals surface area contributed by atoms with Gasteiger partial charge in [-0.15, -0.1) is 0 Å². The number of nitriles is 1. The van der Waals surface area contributed by atoms with E-state index in [-0.39, 0.29) is 11.8 Å². The van der Waals surface area contributed by atoms with Crippen LogP contribution in [0.4, 0.5) is 5.69 Å². The molecule has 1 unspecified atom stereocenters. The third-order valence-corrected chi connectivity index (χ3v) is 6.66. The van der Waals surface area contributed by atoms with Gasteiger partial charge in [-0.25, -0.2) is 0 Å². The van der Waals surface area contributed by atoms with Crippen LogP contribution in [0.5, 0.6) is 5.75 Å². The Bertz CT molecular complexity index is 994. The number of ether oxygens (including phenoxy) is 1. The number of methoxy groups -OCH3 is 1. The summed E-state index contributed by atoms with van der Waals surface area (Å²) < 4.78 is 5.48. The summed E-state index contributed by atoms with van der Waals surface area (Å²) in [6.45, 7) is 2.54. The minimum Gasteiger partial charge on any atom is -0.495 e. The van der Waals surface area contributed by atoms with Gasteiger partial charge in [0.2, 0.25) is 5.91 Å². The lowest BCUT2D eigenvalue weighted by atomic mass is 9.86. The molecule has 148 valence electrons. The summed E-state index contributed by atoms with van der Waals surface area (Å²) in [5, 5.41) is 10.7. The highest BCUT2D eigenvalue weighted by Gasteiger charge is 2.38. The zero-order valence-electron chi connectivity index (χ0n) is 16.6. The number of para-hydroxylation sites is 2. The number of amides is 1. The maximum atomic E-state index is 13.0. The largest absolute Gasteiger partial charge is 0.495 e. The van der Waals surface area contributed by atoms with E-state index in [1.54, 1.807) is 23.8 Å². The molecule has 2 aromatic rings. The number of anilines is 1. The van der Waals surface area contributed by atoms with Crippen LogP contribution in [0.1, 0.15) is 30.4 Å². The zero-order valence-corrected chi connectivity index (χ0v) is 17.4. The molecule has 0 radical (unpaired) electrons. The van der Waals surface area contributed by atoms with Crippen molar-refractivity contribution in [2.75, 3.05) is 24.6 Å². The van der Waals surface area contributed by atoms with Gasteiger partial charge in [-0.2, -0.15) is 5.26 Å². The van der Waals surface area contributed by atoms with Gasteiger partial charge in [-0.05, 0) is 29.7 Å². The van der Waals surface area contributed by atoms with Crippen molar-refractivity contribution in [1.29, 1.82) is 5.26 Å². The number of rotatable bonds is 4. The van der Waals surface area contributed by atoms with E-state index in [0.717, 1.165) is 28.5 Å². The predicted molar refractivity (Wildman–Crippen MR) is 115 cm³/mol. The highest BCUT2D eigenvalue weighted by atomic mass is 32.2. The summed E-state index contributed by atoms with van der Waals surface area (Å²) in [7, 11) is 1.65. The molecule has 0 aromatic heterocycles. The van der Waals surface area contributed by atoms with Gasteiger partial charge in [0.1, 0.15) is 5.75 Å². The number of hydrogen-bond acceptors (Lipinski definition) is 5. The van der Waals surface area contributed by atoms with Gasteiger partial charge in [0.15, 0.2) is 0 Å². The molecule has 2 aliphatic rings. The molecule has 0 saturated carbocycles. The Labute approximate surface area is 175 Å². The Morgan fingerprint density at radius 3 is 2.66 bits per heavy atom. The van der Waals surface area contributed by atoms with Gasteiger partial charge in [-0.1, -0.05) is 55.1 Å². The molecule has 29 heavy (non-hydrogen) atoms. The van der Waals surface area contributed by atoms with E-state index >= 15 is 0 Å². The molecule has 1 saturated heterocycles. The van der Waals surface area contributed by atoms with E-state index < -0.39 is 0 Å². The Morgan fingerprint density at radius 2 is 1.97 bits per heavy atom. The molecule has 2 aromatic carbocycles. The van der Waals surface area contributed by atoms with Crippen molar-refractivity contribution in [3.63, 3.8) is 0 Å². The molecule has 1 fully saturated rings. The van der Waals surface area contributed by atoms with Crippen molar-refractivity contribution in [2.24, 2.45) is 0 Å². The molecule has 4 rings (SSSR count). The minimum atomic E-state index is -0.171. The Hall–Kier alpha value is -2.91. The van der Waals surface area contributed by atoms with Gasteiger partial charge in [0, 0.05) is 12.3 Å². The van der Waals surface area contributed by atoms with Crippen LogP contribution in [0.3, 0.4) is 0 Å². The first-order valence-electron chi connectivity index (χ1n) is 9.70. The SMILES string of the molecule is CCc1ccc(C2CC(=O)N3CN(c4ccccc4OC)CSC3=C2C#N)cc1. The van der Waals surface area contributed by atoms with Crippen LogP contribution in [-0.2, 0) is 11.2 Å². The van der Waals surface area contributed by atoms with Crippen LogP contribution in [0.2, 0.25) is 0 Å². The molecule has 2 aliphatic heterocycles. The standard InChI is InChI=1S/C23H23N3O2S/c1-3-16-8-10-17(11-9-16)18-12-22(27)26-14-25(15-29-23(26)19(18)13-24)20-6-4-5-7-21(20)28-2/h4-11,18H,3,12,14-15H2,1-2H3. The van der Waals surface area contributed by atoms with Crippen molar-refractivity contribution in [3.8, 4) is 11.8 Å². The van der Waals surface area contributed by atoms with Crippen molar-refractivity contribution in [3.05, 3.63) is 70.3 Å². The molecule has 1 atom stereocenters. The van der Waals surface area contributed by atoms with E-state index in [0.29, 0.717) is 24.5 Å². The third kappa shape index (κ3) is 3.58. The van der Waals surface area contributed by atoms with Crippen LogP contribution in [0.25, 0.3) is 0 Å².